The molecule has 96 valence electrons. The van der Waals surface area contributed by atoms with Crippen molar-refractivity contribution in [2.24, 2.45) is 7.05 Å². The average Bonchev–Trinajstić information content (AvgIpc) is 2.76. The zero-order valence-electron chi connectivity index (χ0n) is 11.7. The van der Waals surface area contributed by atoms with E-state index in [1.54, 1.807) is 0 Å². The summed E-state index contributed by atoms with van der Waals surface area (Å²) in [5, 5.41) is 1.30. The molecule has 3 rings (SSSR count). The highest BCUT2D eigenvalue weighted by Gasteiger charge is 2.12. The third kappa shape index (κ3) is 1.95. The van der Waals surface area contributed by atoms with E-state index in [2.05, 4.69) is 80.1 Å². The zero-order valence-corrected chi connectivity index (χ0v) is 11.7. The summed E-state index contributed by atoms with van der Waals surface area (Å²) in [6.07, 6.45) is 0. The number of para-hydroxylation sites is 1. The van der Waals surface area contributed by atoms with Gasteiger partial charge in [0.25, 0.3) is 0 Å². The Balaban J connectivity index is 2.28. The summed E-state index contributed by atoms with van der Waals surface area (Å²) < 4.78 is 2.29. The third-order valence-electron chi connectivity index (χ3n) is 3.81. The van der Waals surface area contributed by atoms with Gasteiger partial charge in [-0.2, -0.15) is 0 Å². The second-order valence-electron chi connectivity index (χ2n) is 5.39. The van der Waals surface area contributed by atoms with Gasteiger partial charge in [0.05, 0.1) is 0 Å². The van der Waals surface area contributed by atoms with E-state index in [0.717, 1.165) is 0 Å². The molecule has 0 aliphatic rings. The summed E-state index contributed by atoms with van der Waals surface area (Å²) in [7, 11) is 2.15. The SMILES string of the molecule is CC(C)c1ccccc1-c1cc2ccccc2n1C. The van der Waals surface area contributed by atoms with Crippen LogP contribution in [0.25, 0.3) is 22.2 Å². The summed E-state index contributed by atoms with van der Waals surface area (Å²) in [6, 6.07) is 19.5. The Morgan fingerprint density at radius 2 is 1.58 bits per heavy atom. The van der Waals surface area contributed by atoms with Crippen molar-refractivity contribution in [3.05, 3.63) is 60.2 Å². The molecule has 2 aromatic carbocycles. The van der Waals surface area contributed by atoms with Crippen LogP contribution in [-0.4, -0.2) is 4.57 Å². The van der Waals surface area contributed by atoms with Crippen molar-refractivity contribution in [1.29, 1.82) is 0 Å². The fourth-order valence-electron chi connectivity index (χ4n) is 2.78. The summed E-state index contributed by atoms with van der Waals surface area (Å²) >= 11 is 0. The Hall–Kier alpha value is -2.02. The second kappa shape index (κ2) is 4.58. The van der Waals surface area contributed by atoms with Crippen LogP contribution < -0.4 is 0 Å². The fourth-order valence-corrected chi connectivity index (χ4v) is 2.78. The first-order valence-corrected chi connectivity index (χ1v) is 6.82. The monoisotopic (exact) mass is 249 g/mol. The van der Waals surface area contributed by atoms with Gasteiger partial charge < -0.3 is 4.57 Å². The number of rotatable bonds is 2. The van der Waals surface area contributed by atoms with Gasteiger partial charge in [-0.25, -0.2) is 0 Å². The minimum absolute atomic E-state index is 0.536. The molecule has 3 aromatic rings. The molecule has 1 heterocycles. The Labute approximate surface area is 114 Å². The van der Waals surface area contributed by atoms with Crippen molar-refractivity contribution in [3.8, 4) is 11.3 Å². The minimum atomic E-state index is 0.536. The van der Waals surface area contributed by atoms with Crippen molar-refractivity contribution in [1.82, 2.24) is 4.57 Å². The normalized spacial score (nSPS) is 11.4. The molecule has 0 unspecified atom stereocenters. The Kier molecular flexibility index (Phi) is 2.90. The van der Waals surface area contributed by atoms with Crippen molar-refractivity contribution in [2.75, 3.05) is 0 Å². The smallest absolute Gasteiger partial charge is 0.0491 e. The summed E-state index contributed by atoms with van der Waals surface area (Å²) in [5.74, 6) is 0.536. The predicted molar refractivity (Wildman–Crippen MR) is 82.4 cm³/mol. The number of aryl methyl sites for hydroxylation is 1. The molecule has 0 atom stereocenters. The molecule has 0 saturated carbocycles. The molecule has 0 spiro atoms. The van der Waals surface area contributed by atoms with Gasteiger partial charge in [-0.05, 0) is 23.6 Å². The van der Waals surface area contributed by atoms with Crippen molar-refractivity contribution < 1.29 is 0 Å². The van der Waals surface area contributed by atoms with Gasteiger partial charge in [0.2, 0.25) is 0 Å². The van der Waals surface area contributed by atoms with Crippen LogP contribution in [0.3, 0.4) is 0 Å². The number of hydrogen-bond acceptors (Lipinski definition) is 0. The maximum atomic E-state index is 2.29. The molecule has 0 bridgehead atoms. The largest absolute Gasteiger partial charge is 0.344 e. The third-order valence-corrected chi connectivity index (χ3v) is 3.81. The number of aromatic nitrogens is 1. The van der Waals surface area contributed by atoms with Crippen LogP contribution in [0.1, 0.15) is 25.3 Å². The van der Waals surface area contributed by atoms with Crippen LogP contribution in [-0.2, 0) is 7.05 Å². The quantitative estimate of drug-likeness (QED) is 0.604. The summed E-state index contributed by atoms with van der Waals surface area (Å²) in [6.45, 7) is 4.50. The number of fused-ring (bicyclic) bond motifs is 1. The van der Waals surface area contributed by atoms with E-state index in [1.807, 2.05) is 0 Å². The van der Waals surface area contributed by atoms with E-state index in [1.165, 1.54) is 27.7 Å². The maximum absolute atomic E-state index is 2.29. The van der Waals surface area contributed by atoms with Crippen LogP contribution >= 0.6 is 0 Å². The average molecular weight is 249 g/mol. The van der Waals surface area contributed by atoms with Crippen LogP contribution in [0.15, 0.2) is 54.6 Å². The molecule has 0 radical (unpaired) electrons. The van der Waals surface area contributed by atoms with Gasteiger partial charge in [0.1, 0.15) is 0 Å². The molecule has 1 aromatic heterocycles. The molecule has 1 heteroatoms. The van der Waals surface area contributed by atoms with E-state index >= 15 is 0 Å². The van der Waals surface area contributed by atoms with Gasteiger partial charge in [-0.15, -0.1) is 0 Å². The highest BCUT2D eigenvalue weighted by molar-refractivity contribution is 5.87. The highest BCUT2D eigenvalue weighted by Crippen LogP contribution is 2.32. The van der Waals surface area contributed by atoms with Crippen molar-refractivity contribution in [3.63, 3.8) is 0 Å². The fraction of sp³-hybridized carbons (Fsp3) is 0.222. The molecule has 0 N–H and O–H groups in total. The Bertz CT molecular complexity index is 719. The lowest BCUT2D eigenvalue weighted by Gasteiger charge is -2.13. The van der Waals surface area contributed by atoms with E-state index in [4.69, 9.17) is 0 Å². The number of hydrogen-bond donors (Lipinski definition) is 0. The lowest BCUT2D eigenvalue weighted by Crippen LogP contribution is -1.96. The Morgan fingerprint density at radius 1 is 0.895 bits per heavy atom. The van der Waals surface area contributed by atoms with E-state index in [0.29, 0.717) is 5.92 Å². The maximum Gasteiger partial charge on any atom is 0.0491 e. The van der Waals surface area contributed by atoms with Crippen LogP contribution in [0.5, 0.6) is 0 Å². The first kappa shape index (κ1) is 12.0. The molecule has 0 aliphatic carbocycles. The summed E-state index contributed by atoms with van der Waals surface area (Å²) in [5.41, 5.74) is 5.34. The van der Waals surface area contributed by atoms with E-state index in [-0.39, 0.29) is 0 Å². The molecular weight excluding hydrogens is 230 g/mol. The van der Waals surface area contributed by atoms with E-state index in [9.17, 15) is 0 Å². The highest BCUT2D eigenvalue weighted by atomic mass is 14.9. The lowest BCUT2D eigenvalue weighted by molar-refractivity contribution is 0.864. The van der Waals surface area contributed by atoms with Crippen LogP contribution in [0.2, 0.25) is 0 Å². The van der Waals surface area contributed by atoms with Gasteiger partial charge in [0, 0.05) is 29.2 Å². The summed E-state index contributed by atoms with van der Waals surface area (Å²) in [4.78, 5) is 0. The van der Waals surface area contributed by atoms with Gasteiger partial charge >= 0.3 is 0 Å². The zero-order chi connectivity index (χ0) is 13.4. The standard InChI is InChI=1S/C18H19N/c1-13(2)15-9-5-6-10-16(15)18-12-14-8-4-7-11-17(14)19(18)3/h4-13H,1-3H3. The Morgan fingerprint density at radius 3 is 2.32 bits per heavy atom. The second-order valence-corrected chi connectivity index (χ2v) is 5.39. The minimum Gasteiger partial charge on any atom is -0.344 e. The first-order chi connectivity index (χ1) is 9.18. The van der Waals surface area contributed by atoms with E-state index < -0.39 is 0 Å². The lowest BCUT2D eigenvalue weighted by atomic mass is 9.95. The van der Waals surface area contributed by atoms with Gasteiger partial charge in [-0.3, -0.25) is 0 Å². The van der Waals surface area contributed by atoms with Crippen LogP contribution in [0.4, 0.5) is 0 Å². The number of nitrogens with zero attached hydrogens (tertiary/aromatic N) is 1. The molecular formula is C18H19N. The molecule has 0 fully saturated rings. The topological polar surface area (TPSA) is 4.93 Å². The molecule has 19 heavy (non-hydrogen) atoms. The van der Waals surface area contributed by atoms with Gasteiger partial charge in [0.15, 0.2) is 0 Å². The molecule has 0 aliphatic heterocycles. The van der Waals surface area contributed by atoms with Crippen molar-refractivity contribution in [2.45, 2.75) is 19.8 Å². The number of benzene rings is 2. The molecule has 1 nitrogen and oxygen atoms in total. The van der Waals surface area contributed by atoms with Gasteiger partial charge in [-0.1, -0.05) is 56.3 Å². The van der Waals surface area contributed by atoms with Crippen LogP contribution in [0, 0.1) is 0 Å². The molecule has 0 saturated heterocycles. The predicted octanol–water partition coefficient (Wildman–Crippen LogP) is 4.97. The molecule has 0 amide bonds. The first-order valence-electron chi connectivity index (χ1n) is 6.82. The van der Waals surface area contributed by atoms with Crippen molar-refractivity contribution >= 4 is 10.9 Å².